The van der Waals surface area contributed by atoms with E-state index in [-0.39, 0.29) is 36.4 Å². The lowest BCUT2D eigenvalue weighted by Gasteiger charge is -2.37. The van der Waals surface area contributed by atoms with Gasteiger partial charge in [-0.1, -0.05) is 45.7 Å². The fourth-order valence-corrected chi connectivity index (χ4v) is 7.16. The summed E-state index contributed by atoms with van der Waals surface area (Å²) >= 11 is 10.1. The first kappa shape index (κ1) is 27.1. The Labute approximate surface area is 224 Å². The van der Waals surface area contributed by atoms with Crippen LogP contribution in [0.1, 0.15) is 32.6 Å². The van der Waals surface area contributed by atoms with Crippen molar-refractivity contribution >= 4 is 51.0 Å². The van der Waals surface area contributed by atoms with Crippen LogP contribution in [0, 0.1) is 11.8 Å². The second kappa shape index (κ2) is 11.2. The highest BCUT2D eigenvalue weighted by molar-refractivity contribution is 9.09. The van der Waals surface area contributed by atoms with E-state index in [1.165, 1.54) is 4.90 Å². The number of likely N-dealkylation sites (tertiary alicyclic amines) is 1. The molecule has 0 aliphatic carbocycles. The Morgan fingerprint density at radius 2 is 2.11 bits per heavy atom. The van der Waals surface area contributed by atoms with Crippen molar-refractivity contribution in [1.82, 2.24) is 4.90 Å². The maximum atomic E-state index is 14.3. The molecule has 3 heterocycles. The molecular formula is C26H32BrClN2O6. The number of unbranched alkanes of at least 4 members (excludes halogenated alkanes) is 2. The standard InChI is InChI=1S/C26H32BrClN2O6/c1-3-12-29(18-11-7-6-10-17(18)28)24(33)22-26-15-16(27)21(36-26)19(25(34)35-4-2)20(26)23(32)30(22)13-8-5-9-14-31/h3,6-7,10-11,16,19-22,31H,1,4-5,8-9,12-15H2,2H3/t16?,19-,20-,21-,22?,26?/m0/s1. The van der Waals surface area contributed by atoms with Crippen molar-refractivity contribution in [3.63, 3.8) is 0 Å². The lowest BCUT2D eigenvalue weighted by molar-refractivity contribution is -0.154. The average molecular weight is 584 g/mol. The Bertz CT molecular complexity index is 1020. The molecule has 6 atom stereocenters. The van der Waals surface area contributed by atoms with Crippen molar-refractivity contribution in [2.75, 3.05) is 31.2 Å². The van der Waals surface area contributed by atoms with E-state index in [0.717, 1.165) is 0 Å². The Morgan fingerprint density at radius 3 is 2.78 bits per heavy atom. The monoisotopic (exact) mass is 582 g/mol. The number of para-hydroxylation sites is 1. The lowest BCUT2D eigenvalue weighted by Crippen LogP contribution is -2.57. The van der Waals surface area contributed by atoms with Crippen LogP contribution < -0.4 is 4.90 Å². The molecule has 3 saturated heterocycles. The summed E-state index contributed by atoms with van der Waals surface area (Å²) in [5.41, 5.74) is -0.649. The van der Waals surface area contributed by atoms with Gasteiger partial charge in [0.2, 0.25) is 5.91 Å². The number of hydrogen-bond acceptors (Lipinski definition) is 6. The maximum Gasteiger partial charge on any atom is 0.312 e. The summed E-state index contributed by atoms with van der Waals surface area (Å²) in [4.78, 5) is 44.2. The van der Waals surface area contributed by atoms with Gasteiger partial charge < -0.3 is 24.4 Å². The predicted molar refractivity (Wildman–Crippen MR) is 139 cm³/mol. The number of carbonyl (C=O) groups excluding carboxylic acids is 3. The van der Waals surface area contributed by atoms with E-state index < -0.39 is 35.6 Å². The van der Waals surface area contributed by atoms with Crippen LogP contribution in [-0.4, -0.2) is 76.7 Å². The van der Waals surface area contributed by atoms with E-state index in [2.05, 4.69) is 22.5 Å². The Balaban J connectivity index is 1.76. The number of aliphatic hydroxyl groups excluding tert-OH is 1. The van der Waals surface area contributed by atoms with Gasteiger partial charge >= 0.3 is 5.97 Å². The average Bonchev–Trinajstić information content (AvgIpc) is 3.44. The Kier molecular flexibility index (Phi) is 8.44. The molecule has 1 aromatic carbocycles. The van der Waals surface area contributed by atoms with E-state index in [1.807, 2.05) is 0 Å². The molecule has 2 amide bonds. The third kappa shape index (κ3) is 4.48. The van der Waals surface area contributed by atoms with Crippen LogP contribution in [0.3, 0.4) is 0 Å². The molecule has 0 aromatic heterocycles. The number of alkyl halides is 1. The largest absolute Gasteiger partial charge is 0.466 e. The number of rotatable bonds is 11. The molecule has 1 aromatic rings. The fourth-order valence-electron chi connectivity index (χ4n) is 5.98. The highest BCUT2D eigenvalue weighted by atomic mass is 79.9. The molecule has 0 saturated carbocycles. The van der Waals surface area contributed by atoms with Gasteiger partial charge in [0.15, 0.2) is 0 Å². The van der Waals surface area contributed by atoms with Gasteiger partial charge in [0.05, 0.1) is 35.3 Å². The van der Waals surface area contributed by atoms with Gasteiger partial charge in [-0.3, -0.25) is 14.4 Å². The number of hydrogen-bond donors (Lipinski definition) is 1. The number of nitrogens with zero attached hydrogens (tertiary/aromatic N) is 2. The first-order valence-electron chi connectivity index (χ1n) is 12.4. The number of anilines is 1. The van der Waals surface area contributed by atoms with Crippen LogP contribution >= 0.6 is 27.5 Å². The highest BCUT2D eigenvalue weighted by Gasteiger charge is 2.77. The summed E-state index contributed by atoms with van der Waals surface area (Å²) in [7, 11) is 0. The van der Waals surface area contributed by atoms with Crippen molar-refractivity contribution in [3.8, 4) is 0 Å². The van der Waals surface area contributed by atoms with Crippen LogP contribution in [-0.2, 0) is 23.9 Å². The Hall–Kier alpha value is -1.94. The van der Waals surface area contributed by atoms with Crippen molar-refractivity contribution in [2.24, 2.45) is 11.8 Å². The first-order valence-corrected chi connectivity index (χ1v) is 13.7. The second-order valence-corrected chi connectivity index (χ2v) is 11.0. The number of ether oxygens (including phenoxy) is 2. The van der Waals surface area contributed by atoms with E-state index in [9.17, 15) is 19.5 Å². The number of esters is 1. The molecule has 3 aliphatic heterocycles. The van der Waals surface area contributed by atoms with E-state index in [0.29, 0.717) is 42.9 Å². The number of carbonyl (C=O) groups is 3. The molecule has 2 bridgehead atoms. The molecule has 36 heavy (non-hydrogen) atoms. The zero-order chi connectivity index (χ0) is 26.0. The number of halogens is 2. The second-order valence-electron chi connectivity index (χ2n) is 9.42. The molecule has 3 fully saturated rings. The third-order valence-electron chi connectivity index (χ3n) is 7.36. The van der Waals surface area contributed by atoms with Crippen molar-refractivity contribution in [3.05, 3.63) is 41.9 Å². The van der Waals surface area contributed by atoms with Gasteiger partial charge in [-0.15, -0.1) is 6.58 Å². The molecular weight excluding hydrogens is 552 g/mol. The van der Waals surface area contributed by atoms with Crippen LogP contribution in [0.25, 0.3) is 0 Å². The summed E-state index contributed by atoms with van der Waals surface area (Å²) in [6.07, 6.45) is 3.38. The summed E-state index contributed by atoms with van der Waals surface area (Å²) in [6, 6.07) is 6.09. The molecule has 3 unspecified atom stereocenters. The normalized spacial score (nSPS) is 30.4. The minimum atomic E-state index is -1.16. The van der Waals surface area contributed by atoms with E-state index in [4.69, 9.17) is 21.1 Å². The molecule has 10 heteroatoms. The highest BCUT2D eigenvalue weighted by Crippen LogP contribution is 2.60. The maximum absolute atomic E-state index is 14.3. The quantitative estimate of drug-likeness (QED) is 0.186. The summed E-state index contributed by atoms with van der Waals surface area (Å²) in [6.45, 7) is 6.28. The molecule has 8 nitrogen and oxygen atoms in total. The van der Waals surface area contributed by atoms with Crippen molar-refractivity contribution in [2.45, 2.75) is 55.2 Å². The molecule has 1 N–H and O–H groups in total. The summed E-state index contributed by atoms with van der Waals surface area (Å²) in [5.74, 6) is -2.67. The molecule has 1 spiro atoms. The van der Waals surface area contributed by atoms with Crippen LogP contribution in [0.2, 0.25) is 5.02 Å². The third-order valence-corrected chi connectivity index (χ3v) is 8.52. The van der Waals surface area contributed by atoms with Gasteiger partial charge in [0.25, 0.3) is 5.91 Å². The summed E-state index contributed by atoms with van der Waals surface area (Å²) < 4.78 is 11.8. The van der Waals surface area contributed by atoms with Gasteiger partial charge in [0, 0.05) is 24.5 Å². The molecule has 196 valence electrons. The molecule has 4 rings (SSSR count). The SMILES string of the molecule is C=CCN(C(=O)C1N(CCCCCO)C(=O)[C@@H]2[C@H](C(=O)OCC)[C@H]3OC12CC3Br)c1ccccc1Cl. The topological polar surface area (TPSA) is 96.4 Å². The van der Waals surface area contributed by atoms with E-state index in [1.54, 1.807) is 42.2 Å². The van der Waals surface area contributed by atoms with Crippen LogP contribution in [0.4, 0.5) is 5.69 Å². The van der Waals surface area contributed by atoms with E-state index >= 15 is 0 Å². The summed E-state index contributed by atoms with van der Waals surface area (Å²) in [5, 5.41) is 9.59. The lowest BCUT2D eigenvalue weighted by atomic mass is 9.70. The van der Waals surface area contributed by atoms with Crippen molar-refractivity contribution in [1.29, 1.82) is 0 Å². The van der Waals surface area contributed by atoms with Gasteiger partial charge in [-0.25, -0.2) is 0 Å². The zero-order valence-electron chi connectivity index (χ0n) is 20.3. The number of benzene rings is 1. The van der Waals surface area contributed by atoms with Crippen LogP contribution in [0.15, 0.2) is 36.9 Å². The number of fused-ring (bicyclic) bond motifs is 1. The van der Waals surface area contributed by atoms with Gasteiger partial charge in [0.1, 0.15) is 11.6 Å². The Morgan fingerprint density at radius 1 is 1.36 bits per heavy atom. The van der Waals surface area contributed by atoms with Gasteiger partial charge in [-0.05, 0) is 44.7 Å². The first-order chi connectivity index (χ1) is 17.3. The fraction of sp³-hybridized carbons (Fsp3) is 0.577. The van der Waals surface area contributed by atoms with Crippen LogP contribution in [0.5, 0.6) is 0 Å². The number of amides is 2. The minimum Gasteiger partial charge on any atom is -0.466 e. The zero-order valence-corrected chi connectivity index (χ0v) is 22.6. The molecule has 3 aliphatic rings. The predicted octanol–water partition coefficient (Wildman–Crippen LogP) is 3.33. The number of aliphatic hydroxyl groups is 1. The van der Waals surface area contributed by atoms with Gasteiger partial charge in [-0.2, -0.15) is 0 Å². The van der Waals surface area contributed by atoms with Crippen molar-refractivity contribution < 1.29 is 29.0 Å². The minimum absolute atomic E-state index is 0.0590. The molecule has 0 radical (unpaired) electrons. The smallest absolute Gasteiger partial charge is 0.312 e.